The number of hydrogen-bond donors (Lipinski definition) is 1. The van der Waals surface area contributed by atoms with Crippen molar-refractivity contribution < 1.29 is 23.7 Å². The average molecular weight is 367 g/mol. The molecular weight excluding hydrogens is 348 g/mol. The van der Waals surface area contributed by atoms with Gasteiger partial charge in [0.05, 0.1) is 5.56 Å². The Bertz CT molecular complexity index is 1100. The average Bonchev–Trinajstić information content (AvgIpc) is 2.61. The summed E-state index contributed by atoms with van der Waals surface area (Å²) in [6, 6.07) is 9.87. The predicted octanol–water partition coefficient (Wildman–Crippen LogP) is 2.26. The Balaban J connectivity index is 2.11. The third-order valence-electron chi connectivity index (χ3n) is 4.03. The van der Waals surface area contributed by atoms with Gasteiger partial charge in [-0.05, 0) is 49.7 Å². The Kier molecular flexibility index (Phi) is 5.03. The van der Waals surface area contributed by atoms with Crippen molar-refractivity contribution >= 4 is 22.8 Å². The summed E-state index contributed by atoms with van der Waals surface area (Å²) in [5.74, 6) is -0.107. The topological polar surface area (TPSA) is 99.8 Å². The van der Waals surface area contributed by atoms with E-state index in [0.717, 1.165) is 0 Å². The van der Waals surface area contributed by atoms with Crippen LogP contribution in [0.15, 0.2) is 45.6 Å². The molecule has 0 radical (unpaired) electrons. The highest BCUT2D eigenvalue weighted by Gasteiger charge is 2.20. The molecule has 0 fully saturated rings. The molecule has 0 spiro atoms. The van der Waals surface area contributed by atoms with Crippen LogP contribution in [0.5, 0.6) is 5.75 Å². The van der Waals surface area contributed by atoms with Crippen molar-refractivity contribution in [2.75, 3.05) is 6.54 Å². The number of fused-ring (bicyclic) bond motifs is 1. The van der Waals surface area contributed by atoms with E-state index >= 15 is 0 Å². The number of hydrogen-bond acceptors (Lipinski definition) is 5. The molecule has 0 bridgehead atoms. The molecule has 138 valence electrons. The minimum Gasteiger partial charge on any atom is -0.427 e. The number of amides is 1. The lowest BCUT2D eigenvalue weighted by Crippen LogP contribution is -2.30. The maximum Gasteiger partial charge on any atom is 0.424 e. The van der Waals surface area contributed by atoms with E-state index in [2.05, 4.69) is 10.3 Å². The molecule has 7 heteroatoms. The number of carbonyl (C=O) groups excluding carboxylic acids is 2. The van der Waals surface area contributed by atoms with Crippen LogP contribution in [0.3, 0.4) is 0 Å². The lowest BCUT2D eigenvalue weighted by Gasteiger charge is -2.07. The lowest BCUT2D eigenvalue weighted by molar-refractivity contribution is -0.396. The zero-order valence-corrected chi connectivity index (χ0v) is 15.2. The quantitative estimate of drug-likeness (QED) is 0.563. The van der Waals surface area contributed by atoms with Crippen LogP contribution in [-0.2, 0) is 4.79 Å². The number of esters is 1. The second-order valence-electron chi connectivity index (χ2n) is 5.98. The predicted molar refractivity (Wildman–Crippen MR) is 98.5 cm³/mol. The molecule has 1 heterocycles. The van der Waals surface area contributed by atoms with Crippen molar-refractivity contribution in [2.45, 2.75) is 20.8 Å². The molecule has 0 saturated heterocycles. The molecule has 0 unspecified atom stereocenters. The molecular formula is C20H19N2O5+. The number of aryl methyl sites for hydroxylation is 1. The Morgan fingerprint density at radius 2 is 2.00 bits per heavy atom. The highest BCUT2D eigenvalue weighted by molar-refractivity contribution is 6.00. The second-order valence-corrected chi connectivity index (χ2v) is 5.98. The van der Waals surface area contributed by atoms with Crippen LogP contribution >= 0.6 is 0 Å². The summed E-state index contributed by atoms with van der Waals surface area (Å²) < 4.78 is 10.9. The molecule has 3 aromatic rings. The lowest BCUT2D eigenvalue weighted by atomic mass is 10.0. The molecule has 0 aliphatic heterocycles. The molecule has 2 aromatic carbocycles. The van der Waals surface area contributed by atoms with Crippen molar-refractivity contribution in [3.63, 3.8) is 0 Å². The highest BCUT2D eigenvalue weighted by atomic mass is 16.5. The molecule has 0 aliphatic rings. The second kappa shape index (κ2) is 7.41. The number of benzene rings is 2. The van der Waals surface area contributed by atoms with E-state index in [1.807, 2.05) is 6.92 Å². The molecule has 3 rings (SSSR count). The van der Waals surface area contributed by atoms with Crippen molar-refractivity contribution in [3.8, 4) is 17.2 Å². The molecule has 7 nitrogen and oxygen atoms in total. The van der Waals surface area contributed by atoms with Gasteiger partial charge in [-0.2, -0.15) is 0 Å². The number of ether oxygens (including phenoxy) is 1. The first-order valence-corrected chi connectivity index (χ1v) is 8.47. The van der Waals surface area contributed by atoms with Gasteiger partial charge in [0.15, 0.2) is 5.58 Å². The van der Waals surface area contributed by atoms with Crippen molar-refractivity contribution in [2.24, 2.45) is 0 Å². The number of aromatic amines is 1. The van der Waals surface area contributed by atoms with Gasteiger partial charge in [0.2, 0.25) is 0 Å². The largest absolute Gasteiger partial charge is 0.427 e. The Morgan fingerprint density at radius 1 is 1.22 bits per heavy atom. The van der Waals surface area contributed by atoms with Gasteiger partial charge in [-0.25, -0.2) is 4.79 Å². The molecule has 0 saturated carbocycles. The van der Waals surface area contributed by atoms with Crippen molar-refractivity contribution in [3.05, 3.63) is 57.9 Å². The van der Waals surface area contributed by atoms with Gasteiger partial charge in [-0.1, -0.05) is 6.07 Å². The maximum absolute atomic E-state index is 12.7. The molecule has 1 aromatic heterocycles. The molecule has 0 atom stereocenters. The summed E-state index contributed by atoms with van der Waals surface area (Å²) in [6.45, 7) is 5.34. The van der Waals surface area contributed by atoms with Gasteiger partial charge in [0, 0.05) is 19.0 Å². The fraction of sp³-hybridized carbons (Fsp3) is 0.200. The van der Waals surface area contributed by atoms with Crippen LogP contribution < -0.4 is 20.6 Å². The van der Waals surface area contributed by atoms with Crippen molar-refractivity contribution in [1.82, 2.24) is 5.32 Å². The minimum atomic E-state index is -0.440. The smallest absolute Gasteiger partial charge is 0.424 e. The zero-order chi connectivity index (χ0) is 19.6. The van der Waals surface area contributed by atoms with E-state index in [0.29, 0.717) is 40.0 Å². The Morgan fingerprint density at radius 3 is 2.70 bits per heavy atom. The number of rotatable bonds is 4. The standard InChI is InChI=1S/C20H18N2O5/c1-4-21-18(24)15-8-9-16-17(11(15)2)19(25)22-20(27-16)13-6-5-7-14(10-13)26-12(3)23/h5-10H,4H2,1-3H3,(H,21,24)/p+1. The summed E-state index contributed by atoms with van der Waals surface area (Å²) >= 11 is 0. The van der Waals surface area contributed by atoms with Crippen molar-refractivity contribution in [1.29, 1.82) is 0 Å². The van der Waals surface area contributed by atoms with E-state index in [1.165, 1.54) is 6.92 Å². The van der Waals surface area contributed by atoms with E-state index in [-0.39, 0.29) is 17.4 Å². The van der Waals surface area contributed by atoms with Crippen LogP contribution in [0.2, 0.25) is 0 Å². The molecule has 2 N–H and O–H groups in total. The number of aromatic nitrogens is 1. The third-order valence-corrected chi connectivity index (χ3v) is 4.03. The van der Waals surface area contributed by atoms with E-state index in [4.69, 9.17) is 9.15 Å². The summed E-state index contributed by atoms with van der Waals surface area (Å²) in [5, 5.41) is 3.04. The Labute approximate surface area is 155 Å². The first-order chi connectivity index (χ1) is 12.9. The normalized spacial score (nSPS) is 10.6. The van der Waals surface area contributed by atoms with Gasteiger partial charge in [0.25, 0.3) is 5.91 Å². The van der Waals surface area contributed by atoms with Gasteiger partial charge < -0.3 is 14.5 Å². The van der Waals surface area contributed by atoms with E-state index < -0.39 is 5.97 Å². The van der Waals surface area contributed by atoms with Gasteiger partial charge in [-0.3, -0.25) is 9.59 Å². The van der Waals surface area contributed by atoms with Gasteiger partial charge in [0.1, 0.15) is 11.1 Å². The first-order valence-electron chi connectivity index (χ1n) is 8.47. The molecule has 0 aliphatic carbocycles. The molecule has 1 amide bonds. The summed E-state index contributed by atoms with van der Waals surface area (Å²) in [4.78, 5) is 38.6. The summed E-state index contributed by atoms with van der Waals surface area (Å²) in [5.41, 5.74) is 1.52. The number of H-pyrrole nitrogens is 1. The SMILES string of the molecule is CCNC(=O)c1ccc2oc(-c3cccc(OC(C)=O)c3)[nH+]c(=O)c2c1C. The minimum absolute atomic E-state index is 0.228. The van der Waals surface area contributed by atoms with Gasteiger partial charge in [-0.15, -0.1) is 4.98 Å². The summed E-state index contributed by atoms with van der Waals surface area (Å²) in [7, 11) is 0. The van der Waals surface area contributed by atoms with Crippen LogP contribution in [-0.4, -0.2) is 18.4 Å². The third kappa shape index (κ3) is 3.72. The van der Waals surface area contributed by atoms with Crippen LogP contribution in [0.1, 0.15) is 29.8 Å². The monoisotopic (exact) mass is 367 g/mol. The maximum atomic E-state index is 12.7. The first kappa shape index (κ1) is 18.3. The van der Waals surface area contributed by atoms with Crippen LogP contribution in [0, 0.1) is 6.92 Å². The molecule has 27 heavy (non-hydrogen) atoms. The van der Waals surface area contributed by atoms with E-state index in [9.17, 15) is 14.4 Å². The fourth-order valence-electron chi connectivity index (χ4n) is 2.85. The van der Waals surface area contributed by atoms with Gasteiger partial charge >= 0.3 is 17.4 Å². The number of nitrogens with one attached hydrogen (secondary N) is 2. The Hall–Kier alpha value is -3.48. The number of carbonyl (C=O) groups is 2. The van der Waals surface area contributed by atoms with Crippen LogP contribution in [0.25, 0.3) is 22.4 Å². The highest BCUT2D eigenvalue weighted by Crippen LogP contribution is 2.24. The summed E-state index contributed by atoms with van der Waals surface area (Å²) in [6.07, 6.45) is 0. The fourth-order valence-corrected chi connectivity index (χ4v) is 2.85. The van der Waals surface area contributed by atoms with E-state index in [1.54, 1.807) is 43.3 Å². The zero-order valence-electron chi connectivity index (χ0n) is 15.2. The van der Waals surface area contributed by atoms with Crippen LogP contribution in [0.4, 0.5) is 0 Å².